The molecule has 1 radical (unpaired) electrons. The van der Waals surface area contributed by atoms with E-state index in [0.29, 0.717) is 17.3 Å². The van der Waals surface area contributed by atoms with E-state index >= 15 is 0 Å². The van der Waals surface area contributed by atoms with Gasteiger partial charge in [0.2, 0.25) is 0 Å². The van der Waals surface area contributed by atoms with Crippen molar-refractivity contribution in [2.24, 2.45) is 0 Å². The number of hydrogen-bond acceptors (Lipinski definition) is 5. The van der Waals surface area contributed by atoms with Crippen molar-refractivity contribution >= 4 is 18.1 Å². The van der Waals surface area contributed by atoms with Crippen LogP contribution in [0, 0.1) is 0 Å². The van der Waals surface area contributed by atoms with Gasteiger partial charge in [0, 0.05) is 11.4 Å². The fourth-order valence-electron chi connectivity index (χ4n) is 1.33. The lowest BCUT2D eigenvalue weighted by Gasteiger charge is -2.03. The van der Waals surface area contributed by atoms with E-state index in [9.17, 15) is 4.79 Å². The third kappa shape index (κ3) is 2.79. The van der Waals surface area contributed by atoms with Gasteiger partial charge >= 0.3 is 6.47 Å². The van der Waals surface area contributed by atoms with Crippen LogP contribution in [0.25, 0.3) is 5.69 Å². The van der Waals surface area contributed by atoms with Gasteiger partial charge in [-0.1, -0.05) is 11.6 Å². The van der Waals surface area contributed by atoms with E-state index in [4.69, 9.17) is 11.6 Å². The molecule has 0 unspecified atom stereocenters. The van der Waals surface area contributed by atoms with Crippen molar-refractivity contribution in [3.05, 3.63) is 35.1 Å². The summed E-state index contributed by atoms with van der Waals surface area (Å²) >= 11 is 5.79. The first-order valence-electron chi connectivity index (χ1n) is 4.83. The molecule has 0 fully saturated rings. The van der Waals surface area contributed by atoms with E-state index in [-0.39, 0.29) is 6.61 Å². The molecule has 1 heterocycles. The molecule has 0 saturated heterocycles. The first-order chi connectivity index (χ1) is 8.31. The van der Waals surface area contributed by atoms with Crippen molar-refractivity contribution < 1.29 is 9.53 Å². The summed E-state index contributed by atoms with van der Waals surface area (Å²) in [5, 5.41) is 11.9. The molecule has 87 valence electrons. The average Bonchev–Trinajstić information content (AvgIpc) is 2.79. The van der Waals surface area contributed by atoms with E-state index in [1.54, 1.807) is 28.9 Å². The van der Waals surface area contributed by atoms with Crippen LogP contribution in [-0.4, -0.2) is 33.3 Å². The third-order valence-electron chi connectivity index (χ3n) is 2.09. The SMILES string of the molecule is O=[C]OCCc1nnnn1-c1ccc(Cl)cc1. The van der Waals surface area contributed by atoms with Crippen molar-refractivity contribution in [1.82, 2.24) is 20.2 Å². The Hall–Kier alpha value is -1.95. The zero-order chi connectivity index (χ0) is 12.1. The molecule has 1 aromatic heterocycles. The third-order valence-corrected chi connectivity index (χ3v) is 2.34. The van der Waals surface area contributed by atoms with Crippen molar-refractivity contribution in [2.45, 2.75) is 6.42 Å². The maximum Gasteiger partial charge on any atom is 0.417 e. The zero-order valence-corrected chi connectivity index (χ0v) is 9.46. The van der Waals surface area contributed by atoms with Gasteiger partial charge in [-0.05, 0) is 34.7 Å². The van der Waals surface area contributed by atoms with Crippen LogP contribution in [0.4, 0.5) is 0 Å². The van der Waals surface area contributed by atoms with E-state index in [0.717, 1.165) is 5.69 Å². The van der Waals surface area contributed by atoms with E-state index in [1.807, 2.05) is 0 Å². The first-order valence-corrected chi connectivity index (χ1v) is 5.21. The second-order valence-corrected chi connectivity index (χ2v) is 3.60. The summed E-state index contributed by atoms with van der Waals surface area (Å²) in [4.78, 5) is 9.91. The van der Waals surface area contributed by atoms with Crippen LogP contribution in [-0.2, 0) is 16.0 Å². The number of nitrogens with zero attached hydrogens (tertiary/aromatic N) is 4. The fourth-order valence-corrected chi connectivity index (χ4v) is 1.45. The number of aromatic nitrogens is 4. The maximum absolute atomic E-state index is 9.91. The van der Waals surface area contributed by atoms with Gasteiger partial charge in [-0.15, -0.1) is 5.10 Å². The standard InChI is InChI=1S/C10H8ClN4O2/c11-8-1-3-9(4-2-8)15-10(12-13-14-15)5-6-17-7-16/h1-4H,5-6H2. The molecule has 0 aliphatic rings. The molecule has 6 nitrogen and oxygen atoms in total. The summed E-state index contributed by atoms with van der Waals surface area (Å²) < 4.78 is 6.04. The van der Waals surface area contributed by atoms with E-state index < -0.39 is 0 Å². The molecule has 2 rings (SSSR count). The largest absolute Gasteiger partial charge is 0.457 e. The summed E-state index contributed by atoms with van der Waals surface area (Å²) in [6.07, 6.45) is 0.421. The Balaban J connectivity index is 2.18. The van der Waals surface area contributed by atoms with Gasteiger partial charge in [0.05, 0.1) is 12.3 Å². The summed E-state index contributed by atoms with van der Waals surface area (Å²) in [6.45, 7) is 1.54. The normalized spacial score (nSPS) is 10.2. The van der Waals surface area contributed by atoms with Gasteiger partial charge in [-0.25, -0.2) is 4.79 Å². The minimum atomic E-state index is 0.192. The molecule has 0 spiro atoms. The Morgan fingerprint density at radius 1 is 1.35 bits per heavy atom. The van der Waals surface area contributed by atoms with Crippen LogP contribution in [0.15, 0.2) is 24.3 Å². The minimum Gasteiger partial charge on any atom is -0.457 e. The predicted octanol–water partition coefficient (Wildman–Crippen LogP) is 0.942. The molecule has 0 N–H and O–H groups in total. The molecule has 0 atom stereocenters. The Bertz CT molecular complexity index is 497. The first kappa shape index (κ1) is 11.5. The van der Waals surface area contributed by atoms with Crippen LogP contribution in [0.3, 0.4) is 0 Å². The van der Waals surface area contributed by atoms with Crippen LogP contribution in [0.5, 0.6) is 0 Å². The van der Waals surface area contributed by atoms with Crippen molar-refractivity contribution in [2.75, 3.05) is 6.61 Å². The highest BCUT2D eigenvalue weighted by atomic mass is 35.5. The Kier molecular flexibility index (Phi) is 3.66. The van der Waals surface area contributed by atoms with Crippen molar-refractivity contribution in [3.8, 4) is 5.69 Å². The average molecular weight is 252 g/mol. The van der Waals surface area contributed by atoms with Crippen molar-refractivity contribution in [1.29, 1.82) is 0 Å². The van der Waals surface area contributed by atoms with Crippen molar-refractivity contribution in [3.63, 3.8) is 0 Å². The lowest BCUT2D eigenvalue weighted by molar-refractivity contribution is 0.278. The van der Waals surface area contributed by atoms with Gasteiger partial charge in [0.1, 0.15) is 0 Å². The van der Waals surface area contributed by atoms with Crippen LogP contribution >= 0.6 is 11.6 Å². The number of benzene rings is 1. The molecule has 7 heteroatoms. The molecule has 1 aromatic carbocycles. The summed E-state index contributed by atoms with van der Waals surface area (Å²) in [5.41, 5.74) is 0.796. The van der Waals surface area contributed by atoms with Gasteiger partial charge in [0.15, 0.2) is 5.82 Å². The second kappa shape index (κ2) is 5.40. The number of halogens is 1. The van der Waals surface area contributed by atoms with E-state index in [2.05, 4.69) is 20.3 Å². The quantitative estimate of drug-likeness (QED) is 0.740. The Morgan fingerprint density at radius 3 is 2.82 bits per heavy atom. The highest BCUT2D eigenvalue weighted by molar-refractivity contribution is 6.30. The number of rotatable bonds is 5. The fraction of sp³-hybridized carbons (Fsp3) is 0.200. The number of hydrogen-bond donors (Lipinski definition) is 0. The molecule has 0 aliphatic heterocycles. The summed E-state index contributed by atoms with van der Waals surface area (Å²) in [6, 6.07) is 7.10. The predicted molar refractivity (Wildman–Crippen MR) is 59.5 cm³/mol. The molecule has 0 bridgehead atoms. The highest BCUT2D eigenvalue weighted by Crippen LogP contribution is 2.13. The minimum absolute atomic E-state index is 0.192. The smallest absolute Gasteiger partial charge is 0.417 e. The van der Waals surface area contributed by atoms with Crippen LogP contribution in [0.1, 0.15) is 5.82 Å². The van der Waals surface area contributed by atoms with Crippen LogP contribution < -0.4 is 0 Å². The lowest BCUT2D eigenvalue weighted by Crippen LogP contribution is -2.06. The molecular formula is C10H8ClN4O2. The van der Waals surface area contributed by atoms with Gasteiger partial charge in [0.25, 0.3) is 0 Å². The second-order valence-electron chi connectivity index (χ2n) is 3.17. The van der Waals surface area contributed by atoms with Gasteiger partial charge in [-0.3, -0.25) is 0 Å². The summed E-state index contributed by atoms with van der Waals surface area (Å²) in [7, 11) is 0. The topological polar surface area (TPSA) is 69.9 Å². The number of ether oxygens (including phenoxy) is 1. The molecular weight excluding hydrogens is 244 g/mol. The maximum atomic E-state index is 9.91. The molecule has 2 aromatic rings. The molecule has 17 heavy (non-hydrogen) atoms. The molecule has 0 aliphatic carbocycles. The lowest BCUT2D eigenvalue weighted by atomic mass is 10.3. The number of tetrazole rings is 1. The molecule has 0 amide bonds. The molecule has 0 saturated carbocycles. The number of carbonyl (C=O) groups excluding carboxylic acids is 1. The Morgan fingerprint density at radius 2 is 2.12 bits per heavy atom. The van der Waals surface area contributed by atoms with Crippen LogP contribution in [0.2, 0.25) is 5.02 Å². The van der Waals surface area contributed by atoms with Gasteiger partial charge in [-0.2, -0.15) is 4.68 Å². The van der Waals surface area contributed by atoms with E-state index in [1.165, 1.54) is 6.47 Å². The summed E-state index contributed by atoms with van der Waals surface area (Å²) in [5.74, 6) is 0.600. The monoisotopic (exact) mass is 251 g/mol. The zero-order valence-electron chi connectivity index (χ0n) is 8.71. The highest BCUT2D eigenvalue weighted by Gasteiger charge is 2.07. The van der Waals surface area contributed by atoms with Gasteiger partial charge < -0.3 is 4.74 Å². The Labute approximate surface area is 102 Å².